The number of hydrogen-bond donors (Lipinski definition) is 1. The number of hydrogen-bond acceptors (Lipinski definition) is 7. The Kier molecular flexibility index (Phi) is 6.24. The van der Waals surface area contributed by atoms with Crippen molar-refractivity contribution in [3.63, 3.8) is 0 Å². The van der Waals surface area contributed by atoms with Gasteiger partial charge in [0.25, 0.3) is 5.56 Å². The van der Waals surface area contributed by atoms with Gasteiger partial charge in [0.05, 0.1) is 10.9 Å². The molecule has 10 heteroatoms. The summed E-state index contributed by atoms with van der Waals surface area (Å²) in [5.41, 5.74) is 1.07. The molecule has 0 aliphatic carbocycles. The number of rotatable bonds is 8. The first-order valence-corrected chi connectivity index (χ1v) is 11.6. The van der Waals surface area contributed by atoms with Gasteiger partial charge in [-0.15, -0.1) is 21.5 Å². The van der Waals surface area contributed by atoms with Crippen molar-refractivity contribution >= 4 is 34.7 Å². The molecular weight excluding hydrogens is 420 g/mol. The fourth-order valence-electron chi connectivity index (χ4n) is 3.09. The summed E-state index contributed by atoms with van der Waals surface area (Å²) in [5, 5.41) is 17.8. The molecule has 4 heterocycles. The number of nitrogens with one attached hydrogen (secondary N) is 1. The summed E-state index contributed by atoms with van der Waals surface area (Å²) in [6, 6.07) is 12.3. The van der Waals surface area contributed by atoms with Crippen LogP contribution < -0.4 is 10.9 Å². The Morgan fingerprint density at radius 1 is 1.20 bits per heavy atom. The van der Waals surface area contributed by atoms with E-state index in [9.17, 15) is 9.59 Å². The van der Waals surface area contributed by atoms with Crippen molar-refractivity contribution in [2.45, 2.75) is 19.0 Å². The summed E-state index contributed by atoms with van der Waals surface area (Å²) in [4.78, 5) is 26.0. The van der Waals surface area contributed by atoms with Crippen LogP contribution in [0.15, 0.2) is 58.8 Å². The second-order valence-corrected chi connectivity index (χ2v) is 8.51. The van der Waals surface area contributed by atoms with Crippen molar-refractivity contribution in [1.29, 1.82) is 0 Å². The summed E-state index contributed by atoms with van der Waals surface area (Å²) in [6.07, 6.45) is 4.58. The van der Waals surface area contributed by atoms with Crippen LogP contribution in [-0.4, -0.2) is 42.3 Å². The van der Waals surface area contributed by atoms with Crippen LogP contribution in [0.25, 0.3) is 16.2 Å². The second-order valence-electron chi connectivity index (χ2n) is 6.58. The molecule has 30 heavy (non-hydrogen) atoms. The molecule has 0 saturated carbocycles. The van der Waals surface area contributed by atoms with E-state index in [0.29, 0.717) is 17.9 Å². The fourth-order valence-corrected chi connectivity index (χ4v) is 4.25. The van der Waals surface area contributed by atoms with E-state index in [4.69, 9.17) is 0 Å². The monoisotopic (exact) mass is 440 g/mol. The quantitative estimate of drug-likeness (QED) is 0.453. The first kappa shape index (κ1) is 20.3. The van der Waals surface area contributed by atoms with Gasteiger partial charge in [-0.25, -0.2) is 4.68 Å². The molecule has 0 aliphatic rings. The Balaban J connectivity index is 1.55. The number of thioether (sulfide) groups is 1. The predicted octanol–water partition coefficient (Wildman–Crippen LogP) is 2.63. The summed E-state index contributed by atoms with van der Waals surface area (Å²) in [5.74, 6) is 1.21. The van der Waals surface area contributed by atoms with Crippen molar-refractivity contribution < 1.29 is 4.79 Å². The zero-order valence-corrected chi connectivity index (χ0v) is 17.9. The van der Waals surface area contributed by atoms with Crippen molar-refractivity contribution in [3.05, 3.63) is 70.2 Å². The van der Waals surface area contributed by atoms with Crippen LogP contribution in [0.5, 0.6) is 0 Å². The van der Waals surface area contributed by atoms with Crippen LogP contribution in [0, 0.1) is 0 Å². The number of carbonyl (C=O) groups excluding carboxylic acids is 1. The van der Waals surface area contributed by atoms with Crippen LogP contribution >= 0.6 is 23.1 Å². The molecule has 8 nitrogen and oxygen atoms in total. The Morgan fingerprint density at radius 3 is 2.90 bits per heavy atom. The predicted molar refractivity (Wildman–Crippen MR) is 119 cm³/mol. The van der Waals surface area contributed by atoms with Crippen molar-refractivity contribution in [1.82, 2.24) is 29.7 Å². The van der Waals surface area contributed by atoms with E-state index >= 15 is 0 Å². The summed E-state index contributed by atoms with van der Waals surface area (Å²) < 4.78 is 3.06. The normalized spacial score (nSPS) is 12.2. The second kappa shape index (κ2) is 9.23. The lowest BCUT2D eigenvalue weighted by molar-refractivity contribution is -0.122. The van der Waals surface area contributed by atoms with E-state index in [2.05, 4.69) is 20.6 Å². The molecule has 1 amide bonds. The highest BCUT2D eigenvalue weighted by Crippen LogP contribution is 2.21. The number of thiophene rings is 1. The lowest BCUT2D eigenvalue weighted by atomic mass is 10.2. The van der Waals surface area contributed by atoms with E-state index in [1.165, 1.54) is 22.1 Å². The van der Waals surface area contributed by atoms with Gasteiger partial charge in [0, 0.05) is 12.3 Å². The lowest BCUT2D eigenvalue weighted by Gasteiger charge is -2.17. The molecule has 0 aliphatic heterocycles. The number of amides is 1. The smallest absolute Gasteiger partial charge is 0.267 e. The van der Waals surface area contributed by atoms with Crippen LogP contribution in [-0.2, 0) is 11.3 Å². The molecule has 0 bridgehead atoms. The third-order valence-corrected chi connectivity index (χ3v) is 6.07. The van der Waals surface area contributed by atoms with Gasteiger partial charge in [-0.1, -0.05) is 12.1 Å². The van der Waals surface area contributed by atoms with Gasteiger partial charge in [0.1, 0.15) is 12.2 Å². The lowest BCUT2D eigenvalue weighted by Crippen LogP contribution is -2.36. The van der Waals surface area contributed by atoms with Crippen molar-refractivity contribution in [2.75, 3.05) is 12.0 Å². The molecule has 0 fully saturated rings. The molecule has 4 rings (SSSR count). The third kappa shape index (κ3) is 4.44. The van der Waals surface area contributed by atoms with Crippen LogP contribution in [0.3, 0.4) is 0 Å². The summed E-state index contributed by atoms with van der Waals surface area (Å²) in [7, 11) is 0. The highest BCUT2D eigenvalue weighted by Gasteiger charge is 2.21. The Bertz CT molecular complexity index is 1200. The number of fused-ring (bicyclic) bond motifs is 1. The molecule has 4 aromatic rings. The topological polar surface area (TPSA) is 94.2 Å². The molecule has 0 spiro atoms. The largest absolute Gasteiger partial charge is 0.344 e. The molecule has 4 aromatic heterocycles. The minimum atomic E-state index is -0.321. The average Bonchev–Trinajstić information content (AvgIpc) is 3.43. The van der Waals surface area contributed by atoms with Gasteiger partial charge in [0.15, 0.2) is 11.5 Å². The Morgan fingerprint density at radius 2 is 2.10 bits per heavy atom. The average molecular weight is 441 g/mol. The van der Waals surface area contributed by atoms with Gasteiger partial charge in [-0.2, -0.15) is 16.9 Å². The van der Waals surface area contributed by atoms with E-state index in [1.807, 2.05) is 52.6 Å². The van der Waals surface area contributed by atoms with Crippen LogP contribution in [0.2, 0.25) is 0 Å². The van der Waals surface area contributed by atoms with E-state index in [1.54, 1.807) is 17.8 Å². The van der Waals surface area contributed by atoms with Gasteiger partial charge >= 0.3 is 0 Å². The van der Waals surface area contributed by atoms with Gasteiger partial charge in [-0.05, 0) is 48.1 Å². The minimum absolute atomic E-state index is 0.162. The molecule has 154 valence electrons. The zero-order chi connectivity index (χ0) is 20.9. The number of nitrogens with zero attached hydrogens (tertiary/aromatic N) is 5. The van der Waals surface area contributed by atoms with E-state index in [-0.39, 0.29) is 24.1 Å². The van der Waals surface area contributed by atoms with E-state index < -0.39 is 0 Å². The highest BCUT2D eigenvalue weighted by molar-refractivity contribution is 7.98. The zero-order valence-electron chi connectivity index (χ0n) is 16.3. The van der Waals surface area contributed by atoms with Crippen LogP contribution in [0.1, 0.15) is 18.3 Å². The van der Waals surface area contributed by atoms with Crippen molar-refractivity contribution in [2.24, 2.45) is 0 Å². The number of carbonyl (C=O) groups is 1. The van der Waals surface area contributed by atoms with E-state index in [0.717, 1.165) is 16.3 Å². The SMILES string of the molecule is CSCCC(NC(=O)Cn1nc(-c2cccs2)ccc1=O)c1nnc2ccccn12. The first-order valence-electron chi connectivity index (χ1n) is 9.35. The number of pyridine rings is 1. The maximum absolute atomic E-state index is 12.8. The molecule has 0 saturated heterocycles. The maximum atomic E-state index is 12.8. The molecule has 1 unspecified atom stereocenters. The highest BCUT2D eigenvalue weighted by atomic mass is 32.2. The molecular formula is C20H20N6O2S2. The van der Waals surface area contributed by atoms with Crippen LogP contribution in [0.4, 0.5) is 0 Å². The fraction of sp³-hybridized carbons (Fsp3) is 0.250. The summed E-state index contributed by atoms with van der Waals surface area (Å²) >= 11 is 3.22. The molecule has 1 N–H and O–H groups in total. The van der Waals surface area contributed by atoms with Gasteiger partial charge in [0.2, 0.25) is 5.91 Å². The van der Waals surface area contributed by atoms with Crippen molar-refractivity contribution in [3.8, 4) is 10.6 Å². The number of aromatic nitrogens is 5. The molecule has 0 radical (unpaired) electrons. The molecule has 0 aromatic carbocycles. The molecule has 1 atom stereocenters. The maximum Gasteiger partial charge on any atom is 0.267 e. The summed E-state index contributed by atoms with van der Waals surface area (Å²) in [6.45, 7) is -0.162. The standard InChI is InChI=1S/C20H20N6O2S2/c1-29-12-9-15(20-23-22-17-6-2-3-10-25(17)20)21-18(27)13-26-19(28)8-7-14(24-26)16-5-4-11-30-16/h2-8,10-11,15H,9,12-13H2,1H3,(H,21,27). The first-order chi connectivity index (χ1) is 14.7. The third-order valence-electron chi connectivity index (χ3n) is 4.53. The Labute approximate surface area is 181 Å². The minimum Gasteiger partial charge on any atom is -0.344 e. The van der Waals surface area contributed by atoms with Gasteiger partial charge < -0.3 is 5.32 Å². The Hall–Kier alpha value is -2.98. The van der Waals surface area contributed by atoms with Gasteiger partial charge in [-0.3, -0.25) is 14.0 Å².